The van der Waals surface area contributed by atoms with E-state index in [0.29, 0.717) is 6.42 Å². The zero-order chi connectivity index (χ0) is 10.1. The average molecular weight is 183 g/mol. The zero-order valence-electron chi connectivity index (χ0n) is 8.45. The van der Waals surface area contributed by atoms with Gasteiger partial charge in [0.2, 0.25) is 0 Å². The highest BCUT2D eigenvalue weighted by molar-refractivity contribution is 5.17. The van der Waals surface area contributed by atoms with Crippen LogP contribution in [0.25, 0.3) is 0 Å². The van der Waals surface area contributed by atoms with Crippen LogP contribution in [0, 0.1) is 10.8 Å². The van der Waals surface area contributed by atoms with Crippen molar-refractivity contribution in [1.82, 2.24) is 0 Å². The fraction of sp³-hybridized carbons (Fsp3) is 0.800. The smallest absolute Gasteiger partial charge is 0.134 e. The van der Waals surface area contributed by atoms with Crippen LogP contribution in [0.1, 0.15) is 33.6 Å². The van der Waals surface area contributed by atoms with Crippen LogP contribution in [0.15, 0.2) is 16.8 Å². The van der Waals surface area contributed by atoms with E-state index >= 15 is 0 Å². The average Bonchev–Trinajstić information content (AvgIpc) is 2.04. The van der Waals surface area contributed by atoms with E-state index < -0.39 is 11.6 Å². The second kappa shape index (κ2) is 3.58. The molecule has 3 heteroatoms. The summed E-state index contributed by atoms with van der Waals surface area (Å²) in [5, 5.41) is 12.9. The largest absolute Gasteiger partial charge is 0.386 e. The quantitative estimate of drug-likeness (QED) is 0.527. The third-order valence-electron chi connectivity index (χ3n) is 3.04. The summed E-state index contributed by atoms with van der Waals surface area (Å²) in [6, 6.07) is 0. The molecule has 1 rings (SSSR count). The molecule has 0 fully saturated rings. The Balaban J connectivity index is 2.96. The minimum absolute atomic E-state index is 0.0874. The van der Waals surface area contributed by atoms with Gasteiger partial charge in [-0.25, -0.2) is 0 Å². The molecule has 0 aromatic heterocycles. The van der Waals surface area contributed by atoms with Crippen LogP contribution in [0.3, 0.4) is 0 Å². The minimum Gasteiger partial charge on any atom is -0.386 e. The number of nitrogens with zero attached hydrogens (tertiary/aromatic N) is 1. The summed E-state index contributed by atoms with van der Waals surface area (Å²) in [5.41, 5.74) is 0.354. The molecule has 0 aliphatic heterocycles. The summed E-state index contributed by atoms with van der Waals surface area (Å²) in [7, 11) is 0. The predicted octanol–water partition coefficient (Wildman–Crippen LogP) is 2.25. The van der Waals surface area contributed by atoms with Crippen LogP contribution in [-0.4, -0.2) is 16.7 Å². The maximum atomic E-state index is 10.8. The Morgan fingerprint density at radius 3 is 2.69 bits per heavy atom. The van der Waals surface area contributed by atoms with Crippen molar-refractivity contribution < 1.29 is 5.11 Å². The lowest BCUT2D eigenvalue weighted by molar-refractivity contribution is 0.0786. The molecule has 0 amide bonds. The zero-order valence-corrected chi connectivity index (χ0v) is 8.45. The van der Waals surface area contributed by atoms with Crippen LogP contribution >= 0.6 is 0 Å². The maximum absolute atomic E-state index is 10.8. The van der Waals surface area contributed by atoms with E-state index in [2.05, 4.69) is 5.18 Å². The van der Waals surface area contributed by atoms with Gasteiger partial charge in [0.15, 0.2) is 0 Å². The SMILES string of the molecule is CC1=CC(O)C(N=O)(C(C)C)CC1. The van der Waals surface area contributed by atoms with Crippen LogP contribution in [0.4, 0.5) is 0 Å². The summed E-state index contributed by atoms with van der Waals surface area (Å²) >= 11 is 0. The molecule has 2 atom stereocenters. The fourth-order valence-corrected chi connectivity index (χ4v) is 1.88. The standard InChI is InChI=1S/C10H17NO2/c1-7(2)10(11-13)5-4-8(3)6-9(10)12/h6-7,9,12H,4-5H2,1-3H3. The number of allylic oxidation sites excluding steroid dienone is 1. The Morgan fingerprint density at radius 1 is 1.69 bits per heavy atom. The van der Waals surface area contributed by atoms with E-state index in [1.165, 1.54) is 0 Å². The van der Waals surface area contributed by atoms with Crippen LogP contribution in [-0.2, 0) is 0 Å². The lowest BCUT2D eigenvalue weighted by Crippen LogP contribution is -2.46. The Kier molecular flexibility index (Phi) is 2.86. The minimum atomic E-state index is -0.792. The van der Waals surface area contributed by atoms with E-state index in [-0.39, 0.29) is 5.92 Å². The number of nitroso groups, excluding NO2 is 1. The molecule has 0 radical (unpaired) electrons. The lowest BCUT2D eigenvalue weighted by atomic mass is 9.74. The molecule has 0 saturated heterocycles. The molecule has 3 nitrogen and oxygen atoms in total. The highest BCUT2D eigenvalue weighted by Gasteiger charge is 2.43. The summed E-state index contributed by atoms with van der Waals surface area (Å²) in [6.07, 6.45) is 2.57. The van der Waals surface area contributed by atoms with Gasteiger partial charge < -0.3 is 5.11 Å². The van der Waals surface area contributed by atoms with Gasteiger partial charge in [-0.1, -0.05) is 30.7 Å². The Morgan fingerprint density at radius 2 is 2.31 bits per heavy atom. The van der Waals surface area contributed by atoms with E-state index in [0.717, 1.165) is 12.0 Å². The fourth-order valence-electron chi connectivity index (χ4n) is 1.88. The number of aliphatic hydroxyl groups excluding tert-OH is 1. The van der Waals surface area contributed by atoms with Crippen molar-refractivity contribution in [3.05, 3.63) is 16.6 Å². The molecule has 0 aromatic carbocycles. The Hall–Kier alpha value is -0.700. The molecule has 2 unspecified atom stereocenters. The maximum Gasteiger partial charge on any atom is 0.134 e. The Labute approximate surface area is 78.8 Å². The van der Waals surface area contributed by atoms with E-state index in [1.54, 1.807) is 6.08 Å². The van der Waals surface area contributed by atoms with Gasteiger partial charge in [0.25, 0.3) is 0 Å². The number of rotatable bonds is 2. The van der Waals surface area contributed by atoms with Crippen molar-refractivity contribution >= 4 is 0 Å². The second-order valence-corrected chi connectivity index (χ2v) is 4.20. The molecule has 74 valence electrons. The lowest BCUT2D eigenvalue weighted by Gasteiger charge is -2.36. The van der Waals surface area contributed by atoms with Crippen molar-refractivity contribution in [3.8, 4) is 0 Å². The Bertz CT molecular complexity index is 235. The molecule has 0 saturated carbocycles. The molecular formula is C10H17NO2. The second-order valence-electron chi connectivity index (χ2n) is 4.20. The van der Waals surface area contributed by atoms with Crippen LogP contribution < -0.4 is 0 Å². The summed E-state index contributed by atoms with van der Waals surface area (Å²) in [6.45, 7) is 5.83. The van der Waals surface area contributed by atoms with E-state index in [9.17, 15) is 10.0 Å². The normalized spacial score (nSPS) is 34.5. The predicted molar refractivity (Wildman–Crippen MR) is 52.4 cm³/mol. The van der Waals surface area contributed by atoms with Crippen molar-refractivity contribution in [2.45, 2.75) is 45.3 Å². The van der Waals surface area contributed by atoms with Gasteiger partial charge in [-0.3, -0.25) is 0 Å². The van der Waals surface area contributed by atoms with E-state index in [4.69, 9.17) is 0 Å². The number of hydrogen-bond donors (Lipinski definition) is 1. The van der Waals surface area contributed by atoms with E-state index in [1.807, 2.05) is 20.8 Å². The summed E-state index contributed by atoms with van der Waals surface area (Å²) in [5.74, 6) is 0.0874. The topological polar surface area (TPSA) is 49.7 Å². The van der Waals surface area contributed by atoms with Crippen LogP contribution in [0.2, 0.25) is 0 Å². The van der Waals surface area contributed by atoms with Gasteiger partial charge >= 0.3 is 0 Å². The number of aliphatic hydroxyl groups is 1. The first kappa shape index (κ1) is 10.4. The molecule has 1 N–H and O–H groups in total. The summed E-state index contributed by atoms with van der Waals surface area (Å²) < 4.78 is 0. The third-order valence-corrected chi connectivity index (χ3v) is 3.04. The van der Waals surface area contributed by atoms with Gasteiger partial charge in [0, 0.05) is 0 Å². The van der Waals surface area contributed by atoms with Gasteiger partial charge in [0.1, 0.15) is 11.6 Å². The van der Waals surface area contributed by atoms with Crippen molar-refractivity contribution in [2.24, 2.45) is 11.1 Å². The van der Waals surface area contributed by atoms with Gasteiger partial charge in [-0.2, -0.15) is 4.91 Å². The van der Waals surface area contributed by atoms with Gasteiger partial charge in [0.05, 0.1) is 0 Å². The molecule has 0 spiro atoms. The summed E-state index contributed by atoms with van der Waals surface area (Å²) in [4.78, 5) is 10.8. The monoisotopic (exact) mass is 183 g/mol. The van der Waals surface area contributed by atoms with Gasteiger partial charge in [-0.15, -0.1) is 0 Å². The van der Waals surface area contributed by atoms with Crippen LogP contribution in [0.5, 0.6) is 0 Å². The number of hydrogen-bond acceptors (Lipinski definition) is 3. The molecule has 0 aromatic rings. The third kappa shape index (κ3) is 1.66. The van der Waals surface area contributed by atoms with Crippen molar-refractivity contribution in [2.75, 3.05) is 0 Å². The highest BCUT2D eigenvalue weighted by Crippen LogP contribution is 2.36. The molecule has 0 heterocycles. The first-order valence-corrected chi connectivity index (χ1v) is 4.73. The first-order chi connectivity index (χ1) is 6.03. The first-order valence-electron chi connectivity index (χ1n) is 4.73. The molecule has 1 aliphatic carbocycles. The molecule has 13 heavy (non-hydrogen) atoms. The molecule has 0 bridgehead atoms. The molecule has 1 aliphatic rings. The van der Waals surface area contributed by atoms with Crippen molar-refractivity contribution in [1.29, 1.82) is 0 Å². The van der Waals surface area contributed by atoms with Crippen molar-refractivity contribution in [3.63, 3.8) is 0 Å². The highest BCUT2D eigenvalue weighted by atomic mass is 16.3. The van der Waals surface area contributed by atoms with Gasteiger partial charge in [-0.05, 0) is 25.7 Å². The molecular weight excluding hydrogens is 166 g/mol.